The molecule has 2 rings (SSSR count). The highest BCUT2D eigenvalue weighted by Gasteiger charge is 2.06. The third kappa shape index (κ3) is 3.94. The van der Waals surface area contributed by atoms with Crippen molar-refractivity contribution in [2.75, 3.05) is 6.54 Å². The van der Waals surface area contributed by atoms with Crippen molar-refractivity contribution in [1.82, 2.24) is 5.32 Å². The zero-order valence-corrected chi connectivity index (χ0v) is 13.3. The zero-order valence-electron chi connectivity index (χ0n) is 13.3. The number of hydrogen-bond acceptors (Lipinski definition) is 1. The van der Waals surface area contributed by atoms with Gasteiger partial charge in [-0.15, -0.1) is 0 Å². The summed E-state index contributed by atoms with van der Waals surface area (Å²) in [6.45, 7) is 8.97. The normalized spacial score (nSPS) is 10.5. The summed E-state index contributed by atoms with van der Waals surface area (Å²) in [7, 11) is 0. The Balaban J connectivity index is 1.92. The quantitative estimate of drug-likeness (QED) is 0.905. The molecule has 2 nitrogen and oxygen atoms in total. The van der Waals surface area contributed by atoms with Crippen molar-refractivity contribution in [2.45, 2.75) is 34.1 Å². The van der Waals surface area contributed by atoms with Crippen LogP contribution in [0, 0.1) is 27.7 Å². The molecule has 2 heteroatoms. The fourth-order valence-corrected chi connectivity index (χ4v) is 2.26. The van der Waals surface area contributed by atoms with Gasteiger partial charge in [0.1, 0.15) is 0 Å². The number of rotatable bonds is 4. The van der Waals surface area contributed by atoms with Crippen LogP contribution in [-0.4, -0.2) is 12.5 Å². The molecule has 2 aromatic rings. The van der Waals surface area contributed by atoms with E-state index in [2.05, 4.69) is 44.3 Å². The largest absolute Gasteiger partial charge is 0.352 e. The molecule has 0 saturated heterocycles. The molecule has 2 aromatic carbocycles. The molecule has 0 radical (unpaired) electrons. The molecule has 0 aliphatic carbocycles. The number of hydrogen-bond donors (Lipinski definition) is 1. The lowest BCUT2D eigenvalue weighted by Gasteiger charge is -2.08. The molecule has 0 aliphatic heterocycles. The van der Waals surface area contributed by atoms with Crippen LogP contribution < -0.4 is 5.32 Å². The molecule has 0 spiro atoms. The molecule has 0 atom stereocenters. The molecule has 0 saturated carbocycles. The molecule has 0 fully saturated rings. The molecular formula is C19H23NO. The van der Waals surface area contributed by atoms with E-state index in [0.717, 1.165) is 17.5 Å². The van der Waals surface area contributed by atoms with E-state index >= 15 is 0 Å². The molecule has 1 N–H and O–H groups in total. The van der Waals surface area contributed by atoms with Crippen molar-refractivity contribution in [3.8, 4) is 0 Å². The summed E-state index contributed by atoms with van der Waals surface area (Å²) in [5.41, 5.74) is 6.96. The van der Waals surface area contributed by atoms with Crippen LogP contribution in [0.25, 0.3) is 0 Å². The van der Waals surface area contributed by atoms with Crippen LogP contribution in [0.15, 0.2) is 36.4 Å². The summed E-state index contributed by atoms with van der Waals surface area (Å²) in [6, 6.07) is 12.3. The lowest BCUT2D eigenvalue weighted by Crippen LogP contribution is -2.25. The van der Waals surface area contributed by atoms with Crippen molar-refractivity contribution in [3.05, 3.63) is 69.8 Å². The summed E-state index contributed by atoms with van der Waals surface area (Å²) < 4.78 is 0. The Hall–Kier alpha value is -2.09. The highest BCUT2D eigenvalue weighted by atomic mass is 16.1. The van der Waals surface area contributed by atoms with Gasteiger partial charge in [-0.25, -0.2) is 0 Å². The van der Waals surface area contributed by atoms with Crippen LogP contribution in [0.2, 0.25) is 0 Å². The Morgan fingerprint density at radius 1 is 0.857 bits per heavy atom. The van der Waals surface area contributed by atoms with E-state index in [0.29, 0.717) is 6.54 Å². The molecule has 1 amide bonds. The first-order valence-electron chi connectivity index (χ1n) is 7.39. The average Bonchev–Trinajstić information content (AvgIpc) is 2.45. The van der Waals surface area contributed by atoms with Gasteiger partial charge in [-0.1, -0.05) is 24.3 Å². The first-order valence-corrected chi connectivity index (χ1v) is 7.39. The summed E-state index contributed by atoms with van der Waals surface area (Å²) >= 11 is 0. The van der Waals surface area contributed by atoms with Gasteiger partial charge in [0.15, 0.2) is 0 Å². The maximum Gasteiger partial charge on any atom is 0.251 e. The van der Waals surface area contributed by atoms with Crippen molar-refractivity contribution in [3.63, 3.8) is 0 Å². The third-order valence-corrected chi connectivity index (χ3v) is 4.04. The maximum absolute atomic E-state index is 12.1. The Labute approximate surface area is 127 Å². The lowest BCUT2D eigenvalue weighted by atomic mass is 10.0. The summed E-state index contributed by atoms with van der Waals surface area (Å²) in [6.07, 6.45) is 0.859. The van der Waals surface area contributed by atoms with Crippen molar-refractivity contribution < 1.29 is 4.79 Å². The average molecular weight is 281 g/mol. The second kappa shape index (κ2) is 6.57. The molecule has 0 heterocycles. The maximum atomic E-state index is 12.1. The number of amides is 1. The van der Waals surface area contributed by atoms with Gasteiger partial charge >= 0.3 is 0 Å². The van der Waals surface area contributed by atoms with Crippen LogP contribution in [0.5, 0.6) is 0 Å². The first kappa shape index (κ1) is 15.3. The molecular weight excluding hydrogens is 258 g/mol. The van der Waals surface area contributed by atoms with Gasteiger partial charge < -0.3 is 5.32 Å². The lowest BCUT2D eigenvalue weighted by molar-refractivity contribution is 0.0954. The first-order chi connectivity index (χ1) is 9.97. The summed E-state index contributed by atoms with van der Waals surface area (Å²) in [5, 5.41) is 2.99. The molecule has 21 heavy (non-hydrogen) atoms. The molecule has 0 unspecified atom stereocenters. The SMILES string of the molecule is Cc1ccc(CCNC(=O)c2ccc(C)c(C)c2)cc1C. The van der Waals surface area contributed by atoms with Gasteiger partial charge in [0, 0.05) is 12.1 Å². The standard InChI is InChI=1S/C19H23NO/c1-13-5-7-17(11-15(13)3)9-10-20-19(21)18-8-6-14(2)16(4)12-18/h5-8,11-12H,9-10H2,1-4H3,(H,20,21). The number of aryl methyl sites for hydroxylation is 4. The van der Waals surface area contributed by atoms with Crippen molar-refractivity contribution >= 4 is 5.91 Å². The van der Waals surface area contributed by atoms with E-state index in [1.54, 1.807) is 0 Å². The van der Waals surface area contributed by atoms with E-state index in [4.69, 9.17) is 0 Å². The summed E-state index contributed by atoms with van der Waals surface area (Å²) in [5.74, 6) is 0.00179. The number of nitrogens with one attached hydrogen (secondary N) is 1. The van der Waals surface area contributed by atoms with E-state index in [-0.39, 0.29) is 5.91 Å². The van der Waals surface area contributed by atoms with E-state index in [1.807, 2.05) is 25.1 Å². The predicted octanol–water partition coefficient (Wildman–Crippen LogP) is 3.89. The third-order valence-electron chi connectivity index (χ3n) is 4.04. The number of carbonyl (C=O) groups is 1. The second-order valence-corrected chi connectivity index (χ2v) is 5.72. The second-order valence-electron chi connectivity index (χ2n) is 5.72. The highest BCUT2D eigenvalue weighted by Crippen LogP contribution is 2.11. The highest BCUT2D eigenvalue weighted by molar-refractivity contribution is 5.94. The Morgan fingerprint density at radius 2 is 1.48 bits per heavy atom. The van der Waals surface area contributed by atoms with Gasteiger partial charge in [-0.3, -0.25) is 4.79 Å². The predicted molar refractivity (Wildman–Crippen MR) is 87.9 cm³/mol. The minimum Gasteiger partial charge on any atom is -0.352 e. The van der Waals surface area contributed by atoms with Gasteiger partial charge in [-0.2, -0.15) is 0 Å². The fourth-order valence-electron chi connectivity index (χ4n) is 2.26. The van der Waals surface area contributed by atoms with Crippen LogP contribution in [0.4, 0.5) is 0 Å². The Kier molecular flexibility index (Phi) is 4.79. The minimum absolute atomic E-state index is 0.00179. The van der Waals surface area contributed by atoms with E-state index in [9.17, 15) is 4.79 Å². The van der Waals surface area contributed by atoms with Gasteiger partial charge in [0.25, 0.3) is 5.91 Å². The van der Waals surface area contributed by atoms with Crippen molar-refractivity contribution in [1.29, 1.82) is 0 Å². The van der Waals surface area contributed by atoms with Crippen LogP contribution in [0.3, 0.4) is 0 Å². The minimum atomic E-state index is 0.00179. The van der Waals surface area contributed by atoms with E-state index in [1.165, 1.54) is 22.3 Å². The Morgan fingerprint density at radius 3 is 2.10 bits per heavy atom. The number of benzene rings is 2. The molecule has 0 aromatic heterocycles. The molecule has 110 valence electrons. The van der Waals surface area contributed by atoms with Gasteiger partial charge in [-0.05, 0) is 74.1 Å². The summed E-state index contributed by atoms with van der Waals surface area (Å²) in [4.78, 5) is 12.1. The van der Waals surface area contributed by atoms with Gasteiger partial charge in [0.2, 0.25) is 0 Å². The molecule has 0 aliphatic rings. The zero-order chi connectivity index (χ0) is 15.4. The van der Waals surface area contributed by atoms with E-state index < -0.39 is 0 Å². The van der Waals surface area contributed by atoms with Crippen molar-refractivity contribution in [2.24, 2.45) is 0 Å². The van der Waals surface area contributed by atoms with Crippen LogP contribution >= 0.6 is 0 Å². The smallest absolute Gasteiger partial charge is 0.251 e. The topological polar surface area (TPSA) is 29.1 Å². The van der Waals surface area contributed by atoms with Crippen LogP contribution in [-0.2, 0) is 6.42 Å². The van der Waals surface area contributed by atoms with Crippen LogP contribution in [0.1, 0.15) is 38.2 Å². The fraction of sp³-hybridized carbons (Fsp3) is 0.316. The monoisotopic (exact) mass is 281 g/mol. The number of carbonyl (C=O) groups excluding carboxylic acids is 1. The molecule has 0 bridgehead atoms. The Bertz CT molecular complexity index is 659. The van der Waals surface area contributed by atoms with Gasteiger partial charge in [0.05, 0.1) is 0 Å².